The van der Waals surface area contributed by atoms with E-state index in [-0.39, 0.29) is 5.41 Å². The lowest BCUT2D eigenvalue weighted by Crippen LogP contribution is -2.44. The Morgan fingerprint density at radius 3 is 2.79 bits per heavy atom. The standard InChI is InChI=1S/C15H28N4/c1-15(2,14-4-6-17-12-14)13-18-5-3-9-19-10-7-16-8-11-19/h4,6,12,16-18H,3,5,7-11,13H2,1-2H3. The molecule has 0 radical (unpaired) electrons. The van der Waals surface area contributed by atoms with Crippen LogP contribution >= 0.6 is 0 Å². The van der Waals surface area contributed by atoms with Crippen molar-refractivity contribution in [3.63, 3.8) is 0 Å². The van der Waals surface area contributed by atoms with E-state index in [9.17, 15) is 0 Å². The van der Waals surface area contributed by atoms with Gasteiger partial charge in [-0.1, -0.05) is 13.8 Å². The van der Waals surface area contributed by atoms with Gasteiger partial charge in [-0.05, 0) is 31.1 Å². The number of aromatic nitrogens is 1. The molecule has 0 unspecified atom stereocenters. The number of aromatic amines is 1. The maximum Gasteiger partial charge on any atom is 0.0107 e. The lowest BCUT2D eigenvalue weighted by Gasteiger charge is -2.28. The van der Waals surface area contributed by atoms with Gasteiger partial charge < -0.3 is 20.5 Å². The zero-order chi connectivity index (χ0) is 13.6. The lowest BCUT2D eigenvalue weighted by atomic mass is 9.86. The Morgan fingerprint density at radius 2 is 2.11 bits per heavy atom. The maximum absolute atomic E-state index is 3.60. The second-order valence-corrected chi connectivity index (χ2v) is 6.11. The van der Waals surface area contributed by atoms with Gasteiger partial charge in [0.15, 0.2) is 0 Å². The van der Waals surface area contributed by atoms with Crippen molar-refractivity contribution in [1.82, 2.24) is 20.5 Å². The summed E-state index contributed by atoms with van der Waals surface area (Å²) in [5.41, 5.74) is 1.58. The second kappa shape index (κ2) is 7.08. The molecule has 1 saturated heterocycles. The average Bonchev–Trinajstić information content (AvgIpc) is 2.94. The summed E-state index contributed by atoms with van der Waals surface area (Å²) in [6, 6.07) is 2.17. The topological polar surface area (TPSA) is 43.1 Å². The van der Waals surface area contributed by atoms with E-state index < -0.39 is 0 Å². The summed E-state index contributed by atoms with van der Waals surface area (Å²) >= 11 is 0. The van der Waals surface area contributed by atoms with Crippen LogP contribution in [0, 0.1) is 0 Å². The predicted octanol–water partition coefficient (Wildman–Crippen LogP) is 1.18. The molecule has 4 heteroatoms. The van der Waals surface area contributed by atoms with E-state index in [1.807, 2.05) is 6.20 Å². The first-order valence-electron chi connectivity index (χ1n) is 7.45. The minimum absolute atomic E-state index is 0.203. The van der Waals surface area contributed by atoms with Crippen LogP contribution in [-0.2, 0) is 5.41 Å². The molecule has 0 bridgehead atoms. The Labute approximate surface area is 117 Å². The van der Waals surface area contributed by atoms with Crippen molar-refractivity contribution in [3.05, 3.63) is 24.0 Å². The third-order valence-electron chi connectivity index (χ3n) is 3.98. The molecule has 1 aromatic heterocycles. The van der Waals surface area contributed by atoms with E-state index in [4.69, 9.17) is 0 Å². The highest BCUT2D eigenvalue weighted by Crippen LogP contribution is 2.21. The SMILES string of the molecule is CC(C)(CNCCCN1CCNCC1)c1cc[nH]c1. The molecule has 0 aliphatic carbocycles. The van der Waals surface area contributed by atoms with E-state index in [0.29, 0.717) is 0 Å². The van der Waals surface area contributed by atoms with Gasteiger partial charge in [0.2, 0.25) is 0 Å². The minimum atomic E-state index is 0.203. The summed E-state index contributed by atoms with van der Waals surface area (Å²) in [4.78, 5) is 5.69. The zero-order valence-electron chi connectivity index (χ0n) is 12.3. The number of hydrogen-bond donors (Lipinski definition) is 3. The lowest BCUT2D eigenvalue weighted by molar-refractivity contribution is 0.237. The second-order valence-electron chi connectivity index (χ2n) is 6.11. The summed E-state index contributed by atoms with van der Waals surface area (Å²) in [5, 5.41) is 6.99. The van der Waals surface area contributed by atoms with E-state index in [2.05, 4.69) is 46.6 Å². The largest absolute Gasteiger partial charge is 0.367 e. The molecule has 1 aliphatic heterocycles. The zero-order valence-corrected chi connectivity index (χ0v) is 12.3. The summed E-state index contributed by atoms with van der Waals surface area (Å²) in [5.74, 6) is 0. The molecule has 0 aromatic carbocycles. The van der Waals surface area contributed by atoms with Gasteiger partial charge in [0, 0.05) is 50.5 Å². The third kappa shape index (κ3) is 4.64. The van der Waals surface area contributed by atoms with Crippen molar-refractivity contribution in [2.45, 2.75) is 25.7 Å². The van der Waals surface area contributed by atoms with Crippen LogP contribution < -0.4 is 10.6 Å². The minimum Gasteiger partial charge on any atom is -0.367 e. The number of H-pyrrole nitrogens is 1. The Kier molecular flexibility index (Phi) is 5.43. The van der Waals surface area contributed by atoms with Crippen LogP contribution in [0.4, 0.5) is 0 Å². The van der Waals surface area contributed by atoms with Gasteiger partial charge in [-0.2, -0.15) is 0 Å². The van der Waals surface area contributed by atoms with Crippen molar-refractivity contribution >= 4 is 0 Å². The fourth-order valence-electron chi connectivity index (χ4n) is 2.61. The average molecular weight is 264 g/mol. The van der Waals surface area contributed by atoms with E-state index in [1.165, 1.54) is 31.6 Å². The smallest absolute Gasteiger partial charge is 0.0107 e. The molecule has 0 spiro atoms. The normalized spacial score (nSPS) is 17.8. The van der Waals surface area contributed by atoms with Crippen LogP contribution in [0.1, 0.15) is 25.8 Å². The molecule has 1 aliphatic rings. The third-order valence-corrected chi connectivity index (χ3v) is 3.98. The van der Waals surface area contributed by atoms with E-state index >= 15 is 0 Å². The molecule has 1 fully saturated rings. The van der Waals surface area contributed by atoms with Gasteiger partial charge in [0.05, 0.1) is 0 Å². The van der Waals surface area contributed by atoms with Gasteiger partial charge >= 0.3 is 0 Å². The van der Waals surface area contributed by atoms with Gasteiger partial charge in [0.25, 0.3) is 0 Å². The van der Waals surface area contributed by atoms with Gasteiger partial charge in [-0.3, -0.25) is 0 Å². The highest BCUT2D eigenvalue weighted by molar-refractivity contribution is 5.20. The Morgan fingerprint density at radius 1 is 1.32 bits per heavy atom. The van der Waals surface area contributed by atoms with Gasteiger partial charge in [-0.15, -0.1) is 0 Å². The number of nitrogens with one attached hydrogen (secondary N) is 3. The van der Waals surface area contributed by atoms with E-state index in [0.717, 1.165) is 26.2 Å². The molecule has 1 aromatic rings. The van der Waals surface area contributed by atoms with E-state index in [1.54, 1.807) is 0 Å². The van der Waals surface area contributed by atoms with Crippen molar-refractivity contribution < 1.29 is 0 Å². The van der Waals surface area contributed by atoms with Crippen LogP contribution in [0.3, 0.4) is 0 Å². The molecule has 3 N–H and O–H groups in total. The fraction of sp³-hybridized carbons (Fsp3) is 0.733. The van der Waals surface area contributed by atoms with Crippen LogP contribution in [0.15, 0.2) is 18.5 Å². The van der Waals surface area contributed by atoms with Crippen molar-refractivity contribution in [1.29, 1.82) is 0 Å². The van der Waals surface area contributed by atoms with Crippen LogP contribution in [0.25, 0.3) is 0 Å². The first-order chi connectivity index (χ1) is 9.18. The van der Waals surface area contributed by atoms with Crippen molar-refractivity contribution in [2.75, 3.05) is 45.8 Å². The summed E-state index contributed by atoms with van der Waals surface area (Å²) in [7, 11) is 0. The maximum atomic E-state index is 3.60. The van der Waals surface area contributed by atoms with Crippen LogP contribution in [0.5, 0.6) is 0 Å². The van der Waals surface area contributed by atoms with Crippen molar-refractivity contribution in [2.24, 2.45) is 0 Å². The molecule has 2 rings (SSSR count). The predicted molar refractivity (Wildman–Crippen MR) is 80.6 cm³/mol. The molecule has 19 heavy (non-hydrogen) atoms. The monoisotopic (exact) mass is 264 g/mol. The summed E-state index contributed by atoms with van der Waals surface area (Å²) < 4.78 is 0. The highest BCUT2D eigenvalue weighted by Gasteiger charge is 2.20. The Hall–Kier alpha value is -0.840. The quantitative estimate of drug-likeness (QED) is 0.648. The number of hydrogen-bond acceptors (Lipinski definition) is 3. The molecule has 0 amide bonds. The molecular formula is C15H28N4. The molecular weight excluding hydrogens is 236 g/mol. The highest BCUT2D eigenvalue weighted by atomic mass is 15.2. The van der Waals surface area contributed by atoms with Crippen molar-refractivity contribution in [3.8, 4) is 0 Å². The Balaban J connectivity index is 1.58. The number of rotatable bonds is 7. The molecule has 0 atom stereocenters. The van der Waals surface area contributed by atoms with Crippen LogP contribution in [0.2, 0.25) is 0 Å². The Bertz CT molecular complexity index is 339. The van der Waals surface area contributed by atoms with Gasteiger partial charge in [0.1, 0.15) is 0 Å². The fourth-order valence-corrected chi connectivity index (χ4v) is 2.61. The molecule has 2 heterocycles. The molecule has 108 valence electrons. The van der Waals surface area contributed by atoms with Gasteiger partial charge in [-0.25, -0.2) is 0 Å². The first kappa shape index (κ1) is 14.6. The summed E-state index contributed by atoms with van der Waals surface area (Å²) in [6.07, 6.45) is 5.34. The number of piperazine rings is 1. The molecule has 0 saturated carbocycles. The first-order valence-corrected chi connectivity index (χ1v) is 7.45. The van der Waals surface area contributed by atoms with Crippen LogP contribution in [-0.4, -0.2) is 55.7 Å². The summed E-state index contributed by atoms with van der Waals surface area (Å²) in [6.45, 7) is 12.6. The number of nitrogens with zero attached hydrogens (tertiary/aromatic N) is 1. The molecule has 4 nitrogen and oxygen atoms in total.